The molecule has 4 nitrogen and oxygen atoms in total. The van der Waals surface area contributed by atoms with Gasteiger partial charge in [-0.3, -0.25) is 4.79 Å². The van der Waals surface area contributed by atoms with E-state index in [1.54, 1.807) is 0 Å². The van der Waals surface area contributed by atoms with Gasteiger partial charge in [-0.05, 0) is 24.1 Å². The van der Waals surface area contributed by atoms with E-state index in [2.05, 4.69) is 0 Å². The van der Waals surface area contributed by atoms with Gasteiger partial charge in [0.25, 0.3) is 0 Å². The summed E-state index contributed by atoms with van der Waals surface area (Å²) in [5.74, 6) is -1.86. The number of amides is 1. The Morgan fingerprint density at radius 3 is 2.83 bits per heavy atom. The van der Waals surface area contributed by atoms with Gasteiger partial charge in [0.05, 0.1) is 5.56 Å². The van der Waals surface area contributed by atoms with Crippen LogP contribution in [0, 0.1) is 11.7 Å². The molecular formula is C12H11ClFNO3. The van der Waals surface area contributed by atoms with Gasteiger partial charge < -0.3 is 10.0 Å². The monoisotopic (exact) mass is 271 g/mol. The number of rotatable bonds is 3. The molecule has 1 aliphatic heterocycles. The van der Waals surface area contributed by atoms with Gasteiger partial charge in [-0.1, -0.05) is 0 Å². The second-order valence-corrected chi connectivity index (χ2v) is 4.51. The van der Waals surface area contributed by atoms with Crippen molar-refractivity contribution in [2.24, 2.45) is 5.92 Å². The summed E-state index contributed by atoms with van der Waals surface area (Å²) in [4.78, 5) is 24.0. The fourth-order valence-corrected chi connectivity index (χ4v) is 2.19. The molecule has 0 bridgehead atoms. The zero-order chi connectivity index (χ0) is 13.3. The summed E-state index contributed by atoms with van der Waals surface area (Å²) in [6, 6.07) is 3.63. The molecule has 0 radical (unpaired) electrons. The molecule has 6 heteroatoms. The number of carboxylic acids is 1. The lowest BCUT2D eigenvalue weighted by Crippen LogP contribution is -2.25. The molecule has 96 valence electrons. The Kier molecular flexibility index (Phi) is 3.52. The van der Waals surface area contributed by atoms with E-state index in [-0.39, 0.29) is 11.8 Å². The molecule has 0 spiro atoms. The minimum atomic E-state index is -1.35. The van der Waals surface area contributed by atoms with E-state index in [1.807, 2.05) is 0 Å². The van der Waals surface area contributed by atoms with E-state index >= 15 is 0 Å². The topological polar surface area (TPSA) is 57.6 Å². The van der Waals surface area contributed by atoms with E-state index < -0.39 is 17.3 Å². The van der Waals surface area contributed by atoms with Gasteiger partial charge in [-0.2, -0.15) is 0 Å². The highest BCUT2D eigenvalue weighted by molar-refractivity contribution is 6.18. The van der Waals surface area contributed by atoms with Gasteiger partial charge in [0, 0.05) is 24.5 Å². The van der Waals surface area contributed by atoms with E-state index in [9.17, 15) is 14.0 Å². The number of aromatic carboxylic acids is 1. The number of halogens is 2. The zero-order valence-corrected chi connectivity index (χ0v) is 10.2. The number of carbonyl (C=O) groups is 2. The highest BCUT2D eigenvalue weighted by atomic mass is 35.5. The lowest BCUT2D eigenvalue weighted by Gasteiger charge is -2.17. The number of benzene rings is 1. The standard InChI is InChI=1S/C12H11ClFNO3/c13-5-7-3-11(16)15(6-7)8-1-2-10(14)9(4-8)12(17)18/h1-2,4,7H,3,5-6H2,(H,17,18). The first-order valence-electron chi connectivity index (χ1n) is 5.42. The average Bonchev–Trinajstić information content (AvgIpc) is 2.71. The van der Waals surface area contributed by atoms with Crippen LogP contribution in [0.15, 0.2) is 18.2 Å². The van der Waals surface area contributed by atoms with Gasteiger partial charge in [0.1, 0.15) is 5.82 Å². The molecule has 1 atom stereocenters. The molecule has 1 unspecified atom stereocenters. The van der Waals surface area contributed by atoms with Crippen molar-refractivity contribution in [1.29, 1.82) is 0 Å². The third-order valence-corrected chi connectivity index (χ3v) is 3.35. The van der Waals surface area contributed by atoms with Gasteiger partial charge in [0.2, 0.25) is 5.91 Å². The lowest BCUT2D eigenvalue weighted by molar-refractivity contribution is -0.117. The summed E-state index contributed by atoms with van der Waals surface area (Å²) in [6.45, 7) is 0.438. The van der Waals surface area contributed by atoms with Crippen molar-refractivity contribution < 1.29 is 19.1 Å². The maximum atomic E-state index is 13.2. The molecule has 1 heterocycles. The Morgan fingerprint density at radius 1 is 1.56 bits per heavy atom. The molecule has 1 fully saturated rings. The number of hydrogen-bond acceptors (Lipinski definition) is 2. The predicted octanol–water partition coefficient (Wildman–Crippen LogP) is 2.12. The van der Waals surface area contributed by atoms with Crippen LogP contribution >= 0.6 is 11.6 Å². The number of hydrogen-bond donors (Lipinski definition) is 1. The second-order valence-electron chi connectivity index (χ2n) is 4.20. The van der Waals surface area contributed by atoms with Crippen LogP contribution in [0.1, 0.15) is 16.8 Å². The summed E-state index contributed by atoms with van der Waals surface area (Å²) in [5, 5.41) is 8.83. The zero-order valence-electron chi connectivity index (χ0n) is 9.40. The summed E-state index contributed by atoms with van der Waals surface area (Å²) in [7, 11) is 0. The summed E-state index contributed by atoms with van der Waals surface area (Å²) < 4.78 is 13.2. The molecule has 0 aromatic heterocycles. The largest absolute Gasteiger partial charge is 0.478 e. The van der Waals surface area contributed by atoms with Crippen molar-refractivity contribution in [2.45, 2.75) is 6.42 Å². The van der Waals surface area contributed by atoms with Crippen LogP contribution in [-0.2, 0) is 4.79 Å². The third kappa shape index (κ3) is 2.31. The minimum absolute atomic E-state index is 0.0532. The maximum absolute atomic E-state index is 13.2. The predicted molar refractivity (Wildman–Crippen MR) is 64.5 cm³/mol. The molecule has 1 saturated heterocycles. The van der Waals surface area contributed by atoms with Crippen molar-refractivity contribution in [2.75, 3.05) is 17.3 Å². The van der Waals surface area contributed by atoms with Gasteiger partial charge in [-0.15, -0.1) is 11.6 Å². The van der Waals surface area contributed by atoms with Crippen LogP contribution in [0.5, 0.6) is 0 Å². The summed E-state index contributed by atoms with van der Waals surface area (Å²) in [5.41, 5.74) is -0.0407. The van der Waals surface area contributed by atoms with E-state index in [0.29, 0.717) is 24.5 Å². The van der Waals surface area contributed by atoms with Crippen molar-refractivity contribution in [3.8, 4) is 0 Å². The van der Waals surface area contributed by atoms with Crippen LogP contribution in [0.25, 0.3) is 0 Å². The lowest BCUT2D eigenvalue weighted by atomic mass is 10.1. The number of alkyl halides is 1. The molecule has 18 heavy (non-hydrogen) atoms. The molecule has 0 aliphatic carbocycles. The minimum Gasteiger partial charge on any atom is -0.478 e. The first-order chi connectivity index (χ1) is 8.52. The Morgan fingerprint density at radius 2 is 2.28 bits per heavy atom. The van der Waals surface area contributed by atoms with E-state index in [0.717, 1.165) is 6.07 Å². The smallest absolute Gasteiger partial charge is 0.338 e. The summed E-state index contributed by atoms with van der Waals surface area (Å²) >= 11 is 5.70. The molecule has 1 aromatic rings. The fourth-order valence-electron chi connectivity index (χ4n) is 1.98. The molecule has 1 N–H and O–H groups in total. The third-order valence-electron chi connectivity index (χ3n) is 2.92. The quantitative estimate of drug-likeness (QED) is 0.857. The van der Waals surface area contributed by atoms with Crippen LogP contribution in [0.4, 0.5) is 10.1 Å². The van der Waals surface area contributed by atoms with Crippen LogP contribution < -0.4 is 4.90 Å². The molecular weight excluding hydrogens is 261 g/mol. The Hall–Kier alpha value is -1.62. The van der Waals surface area contributed by atoms with Crippen molar-refractivity contribution >= 4 is 29.2 Å². The molecule has 1 aromatic carbocycles. The number of carboxylic acid groups (broad SMARTS) is 1. The van der Waals surface area contributed by atoms with E-state index in [4.69, 9.17) is 16.7 Å². The number of anilines is 1. The second kappa shape index (κ2) is 4.94. The van der Waals surface area contributed by atoms with Crippen LogP contribution in [0.3, 0.4) is 0 Å². The molecule has 1 amide bonds. The molecule has 0 saturated carbocycles. The first-order valence-corrected chi connectivity index (χ1v) is 5.95. The highest BCUT2D eigenvalue weighted by Crippen LogP contribution is 2.27. The van der Waals surface area contributed by atoms with Gasteiger partial charge in [-0.25, -0.2) is 9.18 Å². The Balaban J connectivity index is 2.32. The normalized spacial score (nSPS) is 19.3. The highest BCUT2D eigenvalue weighted by Gasteiger charge is 2.30. The Labute approximate surface area is 108 Å². The van der Waals surface area contributed by atoms with Crippen molar-refractivity contribution in [3.63, 3.8) is 0 Å². The van der Waals surface area contributed by atoms with Crippen LogP contribution in [0.2, 0.25) is 0 Å². The number of carbonyl (C=O) groups excluding carboxylic acids is 1. The fraction of sp³-hybridized carbons (Fsp3) is 0.333. The molecule has 2 rings (SSSR count). The first kappa shape index (κ1) is 12.8. The van der Waals surface area contributed by atoms with Crippen molar-refractivity contribution in [3.05, 3.63) is 29.6 Å². The van der Waals surface area contributed by atoms with E-state index in [1.165, 1.54) is 17.0 Å². The van der Waals surface area contributed by atoms with Crippen molar-refractivity contribution in [1.82, 2.24) is 0 Å². The molecule has 1 aliphatic rings. The Bertz CT molecular complexity index is 506. The van der Waals surface area contributed by atoms with Gasteiger partial charge >= 0.3 is 5.97 Å². The SMILES string of the molecule is O=C(O)c1cc(N2CC(CCl)CC2=O)ccc1F. The number of nitrogens with zero attached hydrogens (tertiary/aromatic N) is 1. The average molecular weight is 272 g/mol. The van der Waals surface area contributed by atoms with Gasteiger partial charge in [0.15, 0.2) is 0 Å². The summed E-state index contributed by atoms with van der Waals surface area (Å²) in [6.07, 6.45) is 0.337. The van der Waals surface area contributed by atoms with Crippen LogP contribution in [-0.4, -0.2) is 29.4 Å². The maximum Gasteiger partial charge on any atom is 0.338 e.